The first-order valence-electron chi connectivity index (χ1n) is 9.86. The van der Waals surface area contributed by atoms with Gasteiger partial charge in [-0.2, -0.15) is 0 Å². The fourth-order valence-electron chi connectivity index (χ4n) is 3.86. The Hall–Kier alpha value is -1.38. The summed E-state index contributed by atoms with van der Waals surface area (Å²) >= 11 is 0. The van der Waals surface area contributed by atoms with Crippen LogP contribution in [0.4, 0.5) is 5.69 Å². The van der Waals surface area contributed by atoms with Crippen molar-refractivity contribution in [2.45, 2.75) is 19.3 Å². The van der Waals surface area contributed by atoms with Gasteiger partial charge in [-0.15, -0.1) is 24.8 Å². The number of anilines is 1. The van der Waals surface area contributed by atoms with Crippen LogP contribution in [-0.2, 0) is 9.53 Å². The second-order valence-corrected chi connectivity index (χ2v) is 7.31. The zero-order valence-electron chi connectivity index (χ0n) is 16.6. The lowest BCUT2D eigenvalue weighted by molar-refractivity contribution is -0.120. The molecule has 3 rings (SSSR count). The number of nitrogens with two attached hydrogens (primary N) is 1. The van der Waals surface area contributed by atoms with Gasteiger partial charge in [0.25, 0.3) is 5.91 Å². The second kappa shape index (κ2) is 13.0. The molecule has 0 unspecified atom stereocenters. The number of nitrogens with one attached hydrogen (secondary N) is 2. The highest BCUT2D eigenvalue weighted by Crippen LogP contribution is 2.31. The lowest BCUT2D eigenvalue weighted by Crippen LogP contribution is -2.41. The zero-order valence-corrected chi connectivity index (χ0v) is 18.2. The van der Waals surface area contributed by atoms with Crippen molar-refractivity contribution in [2.24, 2.45) is 17.6 Å². The summed E-state index contributed by atoms with van der Waals surface area (Å²) in [7, 11) is 0. The Morgan fingerprint density at radius 3 is 2.45 bits per heavy atom. The summed E-state index contributed by atoms with van der Waals surface area (Å²) in [4.78, 5) is 27.0. The van der Waals surface area contributed by atoms with E-state index in [0.717, 1.165) is 52.1 Å². The van der Waals surface area contributed by atoms with Crippen molar-refractivity contribution >= 4 is 42.3 Å². The fourth-order valence-corrected chi connectivity index (χ4v) is 3.86. The fraction of sp³-hybridized carbons (Fsp3) is 0.600. The summed E-state index contributed by atoms with van der Waals surface area (Å²) in [6, 6.07) is 7.05. The number of halogens is 2. The molecule has 164 valence electrons. The number of hydrogen-bond donors (Lipinski definition) is 3. The predicted molar refractivity (Wildman–Crippen MR) is 119 cm³/mol. The second-order valence-electron chi connectivity index (χ2n) is 7.31. The van der Waals surface area contributed by atoms with Gasteiger partial charge >= 0.3 is 0 Å². The number of amides is 2. The van der Waals surface area contributed by atoms with Crippen molar-refractivity contribution in [3.8, 4) is 0 Å². The Labute approximate surface area is 184 Å². The minimum absolute atomic E-state index is 0. The normalized spacial score (nSPS) is 21.6. The first-order valence-corrected chi connectivity index (χ1v) is 9.86. The Kier molecular flexibility index (Phi) is 11.5. The van der Waals surface area contributed by atoms with E-state index in [1.54, 1.807) is 24.3 Å². The maximum Gasteiger partial charge on any atom is 0.251 e. The number of morpholine rings is 1. The van der Waals surface area contributed by atoms with Crippen LogP contribution in [0.15, 0.2) is 24.3 Å². The first-order chi connectivity index (χ1) is 13.2. The Balaban J connectivity index is 0.00000210. The Morgan fingerprint density at radius 2 is 1.79 bits per heavy atom. The van der Waals surface area contributed by atoms with Gasteiger partial charge in [0, 0.05) is 43.3 Å². The van der Waals surface area contributed by atoms with E-state index in [1.165, 1.54) is 0 Å². The predicted octanol–water partition coefficient (Wildman–Crippen LogP) is 1.91. The lowest BCUT2D eigenvalue weighted by atomic mass is 9.95. The standard InChI is InChI=1S/C20H30N4O3.2ClH/c21-14-16-2-1-3-18(16)20(26)23-17-6-4-15(5-7-17)19(25)22-8-9-24-10-12-27-13-11-24;;/h4-7,16,18H,1-3,8-14,21H2,(H,22,25)(H,23,26);2*1H/t16-,18-;;/m1../s1. The average molecular weight is 447 g/mol. The number of carbonyl (C=O) groups is 2. The molecular formula is C20H32Cl2N4O3. The molecule has 0 bridgehead atoms. The van der Waals surface area contributed by atoms with Gasteiger partial charge in [0.05, 0.1) is 13.2 Å². The molecule has 1 aliphatic carbocycles. The maximum absolute atomic E-state index is 12.4. The lowest BCUT2D eigenvalue weighted by Gasteiger charge is -2.26. The molecule has 0 spiro atoms. The minimum Gasteiger partial charge on any atom is -0.379 e. The largest absolute Gasteiger partial charge is 0.379 e. The van der Waals surface area contributed by atoms with E-state index in [-0.39, 0.29) is 48.5 Å². The Bertz CT molecular complexity index is 639. The number of carbonyl (C=O) groups excluding carboxylic acids is 2. The van der Waals surface area contributed by atoms with Crippen LogP contribution in [0.1, 0.15) is 29.6 Å². The van der Waals surface area contributed by atoms with Crippen molar-refractivity contribution in [3.05, 3.63) is 29.8 Å². The summed E-state index contributed by atoms with van der Waals surface area (Å²) < 4.78 is 5.31. The van der Waals surface area contributed by atoms with Gasteiger partial charge in [-0.25, -0.2) is 0 Å². The van der Waals surface area contributed by atoms with Gasteiger partial charge in [0.2, 0.25) is 5.91 Å². The highest BCUT2D eigenvalue weighted by Gasteiger charge is 2.31. The van der Waals surface area contributed by atoms with Crippen LogP contribution in [-0.4, -0.2) is 62.7 Å². The van der Waals surface area contributed by atoms with E-state index >= 15 is 0 Å². The van der Waals surface area contributed by atoms with Crippen molar-refractivity contribution < 1.29 is 14.3 Å². The van der Waals surface area contributed by atoms with E-state index in [0.29, 0.717) is 24.3 Å². The molecule has 2 aliphatic rings. The molecular weight excluding hydrogens is 415 g/mol. The summed E-state index contributed by atoms with van der Waals surface area (Å²) in [5.41, 5.74) is 7.07. The van der Waals surface area contributed by atoms with Crippen LogP contribution in [0, 0.1) is 11.8 Å². The SMILES string of the molecule is Cl.Cl.NC[C@H]1CCC[C@H]1C(=O)Nc1ccc(C(=O)NCCN2CCOCC2)cc1. The molecule has 2 atom stereocenters. The molecule has 1 aromatic rings. The minimum atomic E-state index is -0.0971. The molecule has 4 N–H and O–H groups in total. The summed E-state index contributed by atoms with van der Waals surface area (Å²) in [6.07, 6.45) is 2.99. The molecule has 9 heteroatoms. The maximum atomic E-state index is 12.4. The number of benzene rings is 1. The number of rotatable bonds is 7. The van der Waals surface area contributed by atoms with Gasteiger partial charge in [-0.3, -0.25) is 14.5 Å². The van der Waals surface area contributed by atoms with Crippen LogP contribution in [0.5, 0.6) is 0 Å². The average Bonchev–Trinajstić information content (AvgIpc) is 3.18. The van der Waals surface area contributed by atoms with Gasteiger partial charge in [0.15, 0.2) is 0 Å². The van der Waals surface area contributed by atoms with E-state index in [2.05, 4.69) is 15.5 Å². The number of nitrogens with zero attached hydrogens (tertiary/aromatic N) is 1. The quantitative estimate of drug-likeness (QED) is 0.594. The van der Waals surface area contributed by atoms with Crippen LogP contribution < -0.4 is 16.4 Å². The third-order valence-electron chi connectivity index (χ3n) is 5.53. The molecule has 1 heterocycles. The van der Waals surface area contributed by atoms with Crippen molar-refractivity contribution in [1.82, 2.24) is 10.2 Å². The molecule has 1 saturated carbocycles. The summed E-state index contributed by atoms with van der Waals surface area (Å²) in [5.74, 6) is 0.213. The summed E-state index contributed by atoms with van der Waals surface area (Å²) in [6.45, 7) is 5.34. The molecule has 0 aromatic heterocycles. The summed E-state index contributed by atoms with van der Waals surface area (Å²) in [5, 5.41) is 5.90. The van der Waals surface area contributed by atoms with Crippen LogP contribution >= 0.6 is 24.8 Å². The molecule has 1 aliphatic heterocycles. The third-order valence-corrected chi connectivity index (χ3v) is 5.53. The van der Waals surface area contributed by atoms with Gasteiger partial charge in [0.1, 0.15) is 0 Å². The van der Waals surface area contributed by atoms with Crippen LogP contribution in [0.25, 0.3) is 0 Å². The molecule has 29 heavy (non-hydrogen) atoms. The highest BCUT2D eigenvalue weighted by atomic mass is 35.5. The van der Waals surface area contributed by atoms with Crippen LogP contribution in [0.3, 0.4) is 0 Å². The van der Waals surface area contributed by atoms with Gasteiger partial charge in [-0.1, -0.05) is 6.42 Å². The number of hydrogen-bond acceptors (Lipinski definition) is 5. The topological polar surface area (TPSA) is 96.7 Å². The molecule has 1 aromatic carbocycles. The first kappa shape index (κ1) is 25.7. The van der Waals surface area contributed by atoms with Crippen molar-refractivity contribution in [2.75, 3.05) is 51.3 Å². The van der Waals surface area contributed by atoms with Gasteiger partial charge < -0.3 is 21.1 Å². The van der Waals surface area contributed by atoms with E-state index in [9.17, 15) is 9.59 Å². The van der Waals surface area contributed by atoms with Crippen molar-refractivity contribution in [3.63, 3.8) is 0 Å². The highest BCUT2D eigenvalue weighted by molar-refractivity contribution is 5.96. The third kappa shape index (κ3) is 7.42. The Morgan fingerprint density at radius 1 is 1.10 bits per heavy atom. The van der Waals surface area contributed by atoms with E-state index < -0.39 is 0 Å². The molecule has 0 radical (unpaired) electrons. The zero-order chi connectivity index (χ0) is 19.1. The van der Waals surface area contributed by atoms with Gasteiger partial charge in [-0.05, 0) is 49.6 Å². The monoisotopic (exact) mass is 446 g/mol. The van der Waals surface area contributed by atoms with Crippen molar-refractivity contribution in [1.29, 1.82) is 0 Å². The van der Waals surface area contributed by atoms with E-state index in [1.807, 2.05) is 0 Å². The molecule has 7 nitrogen and oxygen atoms in total. The smallest absolute Gasteiger partial charge is 0.251 e. The molecule has 2 fully saturated rings. The van der Waals surface area contributed by atoms with Crippen LogP contribution in [0.2, 0.25) is 0 Å². The van der Waals surface area contributed by atoms with E-state index in [4.69, 9.17) is 10.5 Å². The molecule has 1 saturated heterocycles. The molecule has 2 amide bonds. The number of ether oxygens (including phenoxy) is 1.